The molecule has 0 heterocycles. The van der Waals surface area contributed by atoms with Gasteiger partial charge in [0.25, 0.3) is 0 Å². The van der Waals surface area contributed by atoms with Gasteiger partial charge in [0, 0.05) is 11.3 Å². The van der Waals surface area contributed by atoms with Crippen molar-refractivity contribution in [1.29, 1.82) is 0 Å². The van der Waals surface area contributed by atoms with E-state index in [0.29, 0.717) is 29.5 Å². The zero-order valence-corrected chi connectivity index (χ0v) is 16.2. The van der Waals surface area contributed by atoms with Crippen molar-refractivity contribution in [1.82, 2.24) is 0 Å². The standard InChI is InChI=1S/C24H32O2/c1-4-6-16-12-20-15(14-22(16)25)8-9-19-18(20)10-11-24(3)21(19)13-17(7-5-2)23(24)26/h2,7,14,16,18-21,23,26H,4,6,8-13H2,1,3H3/t16?,18-,19+,20-,21-,23-,24-/m0/s1. The maximum atomic E-state index is 12.5. The second kappa shape index (κ2) is 6.68. The highest BCUT2D eigenvalue weighted by atomic mass is 16.3. The number of hydrogen-bond acceptors (Lipinski definition) is 2. The normalized spacial score (nSPS) is 46.2. The SMILES string of the molecule is C#CC=C1C[C@H]2[C@@H]3CCC4=CC(=O)C(CCC)C[C@@H]4[C@H]3CC[C@]2(C)[C@H]1O. The topological polar surface area (TPSA) is 37.3 Å². The molecule has 0 aromatic heterocycles. The van der Waals surface area contributed by atoms with Gasteiger partial charge in [-0.25, -0.2) is 0 Å². The number of hydrogen-bond donors (Lipinski definition) is 1. The van der Waals surface area contributed by atoms with Crippen LogP contribution in [0.25, 0.3) is 0 Å². The molecule has 140 valence electrons. The van der Waals surface area contributed by atoms with E-state index < -0.39 is 0 Å². The Morgan fingerprint density at radius 3 is 2.92 bits per heavy atom. The summed E-state index contributed by atoms with van der Waals surface area (Å²) in [6.45, 7) is 4.47. The predicted octanol–water partition coefficient (Wildman–Crippen LogP) is 4.68. The largest absolute Gasteiger partial charge is 0.388 e. The third-order valence-corrected chi connectivity index (χ3v) is 8.30. The summed E-state index contributed by atoms with van der Waals surface area (Å²) in [4.78, 5) is 12.5. The summed E-state index contributed by atoms with van der Waals surface area (Å²) < 4.78 is 0. The second-order valence-electron chi connectivity index (χ2n) is 9.46. The number of carbonyl (C=O) groups excluding carboxylic acids is 1. The van der Waals surface area contributed by atoms with Crippen LogP contribution in [0.2, 0.25) is 0 Å². The molecule has 3 fully saturated rings. The van der Waals surface area contributed by atoms with Crippen molar-refractivity contribution < 1.29 is 9.90 Å². The molecule has 0 saturated heterocycles. The lowest BCUT2D eigenvalue weighted by Gasteiger charge is -2.53. The molecule has 4 rings (SSSR count). The van der Waals surface area contributed by atoms with Crippen LogP contribution < -0.4 is 0 Å². The molecule has 7 atom stereocenters. The average molecular weight is 353 g/mol. The van der Waals surface area contributed by atoms with Crippen LogP contribution in [-0.2, 0) is 4.79 Å². The minimum Gasteiger partial charge on any atom is -0.388 e. The lowest BCUT2D eigenvalue weighted by atomic mass is 9.51. The van der Waals surface area contributed by atoms with Gasteiger partial charge in [0.15, 0.2) is 5.78 Å². The molecule has 0 aromatic rings. The summed E-state index contributed by atoms with van der Waals surface area (Å²) in [5, 5.41) is 10.9. The Balaban J connectivity index is 1.61. The lowest BCUT2D eigenvalue weighted by Crippen LogP contribution is -2.48. The molecular formula is C24H32O2. The molecule has 1 N–H and O–H groups in total. The number of allylic oxidation sites excluding steroid dienone is 2. The summed E-state index contributed by atoms with van der Waals surface area (Å²) in [7, 11) is 0. The van der Waals surface area contributed by atoms with E-state index in [1.165, 1.54) is 18.4 Å². The van der Waals surface area contributed by atoms with E-state index in [-0.39, 0.29) is 17.4 Å². The molecule has 2 heteroatoms. The summed E-state index contributed by atoms with van der Waals surface area (Å²) >= 11 is 0. The first kappa shape index (κ1) is 18.1. The van der Waals surface area contributed by atoms with E-state index in [1.807, 2.05) is 12.2 Å². The number of ketones is 1. The van der Waals surface area contributed by atoms with Crippen molar-refractivity contribution in [2.24, 2.45) is 35.0 Å². The van der Waals surface area contributed by atoms with Gasteiger partial charge in [-0.05, 0) is 86.3 Å². The van der Waals surface area contributed by atoms with Crippen LogP contribution in [0, 0.1) is 47.3 Å². The van der Waals surface area contributed by atoms with Gasteiger partial charge in [-0.3, -0.25) is 4.79 Å². The summed E-state index contributed by atoms with van der Waals surface area (Å²) in [6.07, 6.45) is 17.6. The van der Waals surface area contributed by atoms with E-state index in [2.05, 4.69) is 19.8 Å². The average Bonchev–Trinajstić information content (AvgIpc) is 2.88. The highest BCUT2D eigenvalue weighted by Gasteiger charge is 2.57. The fourth-order valence-electron chi connectivity index (χ4n) is 6.97. The van der Waals surface area contributed by atoms with E-state index >= 15 is 0 Å². The number of carbonyl (C=O) groups is 1. The Kier molecular flexibility index (Phi) is 4.64. The predicted molar refractivity (Wildman–Crippen MR) is 104 cm³/mol. The van der Waals surface area contributed by atoms with E-state index in [4.69, 9.17) is 6.42 Å². The van der Waals surface area contributed by atoms with Gasteiger partial charge in [0.2, 0.25) is 0 Å². The molecule has 0 bridgehead atoms. The fraction of sp³-hybridized carbons (Fsp3) is 0.708. The number of terminal acetylenes is 1. The van der Waals surface area contributed by atoms with Gasteiger partial charge < -0.3 is 5.11 Å². The Morgan fingerprint density at radius 1 is 1.38 bits per heavy atom. The first-order valence-corrected chi connectivity index (χ1v) is 10.6. The van der Waals surface area contributed by atoms with Crippen LogP contribution in [0.5, 0.6) is 0 Å². The molecule has 4 aliphatic carbocycles. The maximum Gasteiger partial charge on any atom is 0.158 e. The minimum atomic E-state index is -0.373. The zero-order chi connectivity index (χ0) is 18.5. The quantitative estimate of drug-likeness (QED) is 0.732. The van der Waals surface area contributed by atoms with Crippen LogP contribution in [-0.4, -0.2) is 17.0 Å². The van der Waals surface area contributed by atoms with E-state index in [1.54, 1.807) is 0 Å². The van der Waals surface area contributed by atoms with E-state index in [0.717, 1.165) is 44.1 Å². The third kappa shape index (κ3) is 2.63. The van der Waals surface area contributed by atoms with Gasteiger partial charge in [-0.1, -0.05) is 31.8 Å². The Hall–Kier alpha value is -1.33. The van der Waals surface area contributed by atoms with Crippen LogP contribution >= 0.6 is 0 Å². The molecule has 0 radical (unpaired) electrons. The van der Waals surface area contributed by atoms with Crippen LogP contribution in [0.3, 0.4) is 0 Å². The van der Waals surface area contributed by atoms with E-state index in [9.17, 15) is 9.90 Å². The molecule has 0 aliphatic heterocycles. The third-order valence-electron chi connectivity index (χ3n) is 8.30. The molecule has 4 aliphatic rings. The highest BCUT2D eigenvalue weighted by molar-refractivity contribution is 5.93. The molecule has 26 heavy (non-hydrogen) atoms. The van der Waals surface area contributed by atoms with Crippen molar-refractivity contribution in [3.05, 3.63) is 23.3 Å². The first-order chi connectivity index (χ1) is 12.5. The number of aliphatic hydroxyl groups is 1. The van der Waals surface area contributed by atoms with Gasteiger partial charge in [0.1, 0.15) is 0 Å². The summed E-state index contributed by atoms with van der Waals surface area (Å²) in [5.74, 6) is 5.77. The second-order valence-corrected chi connectivity index (χ2v) is 9.46. The number of aliphatic hydroxyl groups excluding tert-OH is 1. The molecule has 0 spiro atoms. The maximum absolute atomic E-state index is 12.5. The molecule has 1 unspecified atom stereocenters. The van der Waals surface area contributed by atoms with Crippen molar-refractivity contribution in [2.45, 2.75) is 71.3 Å². The van der Waals surface area contributed by atoms with Crippen LogP contribution in [0.4, 0.5) is 0 Å². The molecule has 0 amide bonds. The van der Waals surface area contributed by atoms with Gasteiger partial charge >= 0.3 is 0 Å². The summed E-state index contributed by atoms with van der Waals surface area (Å²) in [6, 6.07) is 0. The minimum absolute atomic E-state index is 0.0155. The van der Waals surface area contributed by atoms with Crippen molar-refractivity contribution >= 4 is 5.78 Å². The molecular weight excluding hydrogens is 320 g/mol. The monoisotopic (exact) mass is 352 g/mol. The zero-order valence-electron chi connectivity index (χ0n) is 16.2. The smallest absolute Gasteiger partial charge is 0.158 e. The Labute approximate surface area is 158 Å². The summed E-state index contributed by atoms with van der Waals surface area (Å²) in [5.41, 5.74) is 2.49. The molecule has 0 aromatic carbocycles. The van der Waals surface area contributed by atoms with Crippen LogP contribution in [0.1, 0.15) is 65.2 Å². The Morgan fingerprint density at radius 2 is 2.19 bits per heavy atom. The highest BCUT2D eigenvalue weighted by Crippen LogP contribution is 2.63. The molecule has 3 saturated carbocycles. The van der Waals surface area contributed by atoms with Gasteiger partial charge in [0.05, 0.1) is 6.10 Å². The fourth-order valence-corrected chi connectivity index (χ4v) is 6.97. The van der Waals surface area contributed by atoms with Crippen LogP contribution in [0.15, 0.2) is 23.3 Å². The number of rotatable bonds is 2. The van der Waals surface area contributed by atoms with Crippen molar-refractivity contribution in [3.8, 4) is 12.3 Å². The first-order valence-electron chi connectivity index (χ1n) is 10.6. The van der Waals surface area contributed by atoms with Crippen molar-refractivity contribution in [2.75, 3.05) is 0 Å². The lowest BCUT2D eigenvalue weighted by molar-refractivity contribution is -0.120. The van der Waals surface area contributed by atoms with Gasteiger partial charge in [-0.15, -0.1) is 6.42 Å². The van der Waals surface area contributed by atoms with Gasteiger partial charge in [-0.2, -0.15) is 0 Å². The number of fused-ring (bicyclic) bond motifs is 5. The Bertz CT molecular complexity index is 693. The molecule has 2 nitrogen and oxygen atoms in total. The van der Waals surface area contributed by atoms with Crippen molar-refractivity contribution in [3.63, 3.8) is 0 Å².